The van der Waals surface area contributed by atoms with E-state index in [2.05, 4.69) is 0 Å². The normalized spacial score (nSPS) is 13.3. The molecule has 0 aliphatic rings. The molecule has 80 valence electrons. The molecule has 0 amide bonds. The van der Waals surface area contributed by atoms with Crippen molar-refractivity contribution in [2.45, 2.75) is 44.9 Å². The van der Waals surface area contributed by atoms with Crippen molar-refractivity contribution in [1.82, 2.24) is 0 Å². The van der Waals surface area contributed by atoms with Gasteiger partial charge in [0, 0.05) is 7.11 Å². The van der Waals surface area contributed by atoms with Gasteiger partial charge in [0.1, 0.15) is 0 Å². The third-order valence-electron chi connectivity index (χ3n) is 2.19. The first-order chi connectivity index (χ1) is 5.93. The summed E-state index contributed by atoms with van der Waals surface area (Å²) in [6.07, 6.45) is 2.22. The minimum Gasteiger partial charge on any atom is -0.366 e. The molecule has 0 heterocycles. The van der Waals surface area contributed by atoms with Gasteiger partial charge >= 0.3 is 7.60 Å². The van der Waals surface area contributed by atoms with Crippen LogP contribution in [0.2, 0.25) is 0 Å². The zero-order valence-corrected chi connectivity index (χ0v) is 9.38. The van der Waals surface area contributed by atoms with Gasteiger partial charge in [-0.05, 0) is 12.8 Å². The first-order valence-electron chi connectivity index (χ1n) is 4.54. The molecule has 0 rings (SSSR count). The van der Waals surface area contributed by atoms with Crippen LogP contribution in [0.1, 0.15) is 39.5 Å². The summed E-state index contributed by atoms with van der Waals surface area (Å²) >= 11 is 0. The smallest absolute Gasteiger partial charge is 0.357 e. The van der Waals surface area contributed by atoms with E-state index >= 15 is 0 Å². The van der Waals surface area contributed by atoms with Crippen molar-refractivity contribution in [1.29, 1.82) is 0 Å². The van der Waals surface area contributed by atoms with Crippen molar-refractivity contribution in [2.24, 2.45) is 0 Å². The van der Waals surface area contributed by atoms with Gasteiger partial charge in [0.05, 0.1) is 0 Å². The van der Waals surface area contributed by atoms with Crippen molar-refractivity contribution in [2.75, 3.05) is 7.11 Å². The summed E-state index contributed by atoms with van der Waals surface area (Å²) in [4.78, 5) is 18.4. The monoisotopic (exact) mass is 210 g/mol. The van der Waals surface area contributed by atoms with Crippen LogP contribution in [0.3, 0.4) is 0 Å². The molecule has 0 bridgehead atoms. The Hall–Kier alpha value is 0.110. The largest absolute Gasteiger partial charge is 0.366 e. The highest BCUT2D eigenvalue weighted by atomic mass is 31.2. The lowest BCUT2D eigenvalue weighted by atomic mass is 10.1. The van der Waals surface area contributed by atoms with Gasteiger partial charge in [0.15, 0.2) is 5.34 Å². The van der Waals surface area contributed by atoms with E-state index in [1.807, 2.05) is 13.8 Å². The van der Waals surface area contributed by atoms with Gasteiger partial charge in [0.2, 0.25) is 0 Å². The number of hydrogen-bond donors (Lipinski definition) is 2. The van der Waals surface area contributed by atoms with Crippen molar-refractivity contribution in [3.8, 4) is 0 Å². The van der Waals surface area contributed by atoms with Crippen LogP contribution in [0.25, 0.3) is 0 Å². The molecule has 5 heteroatoms. The quantitative estimate of drug-likeness (QED) is 0.659. The van der Waals surface area contributed by atoms with E-state index in [1.165, 1.54) is 7.11 Å². The summed E-state index contributed by atoms with van der Waals surface area (Å²) in [5.41, 5.74) is 0. The lowest BCUT2D eigenvalue weighted by molar-refractivity contribution is 0.0228. The third-order valence-corrected chi connectivity index (χ3v) is 3.88. The Balaban J connectivity index is 4.75. The molecule has 0 atom stereocenters. The second-order valence-electron chi connectivity index (χ2n) is 3.19. The van der Waals surface area contributed by atoms with Gasteiger partial charge in [-0.2, -0.15) is 0 Å². The van der Waals surface area contributed by atoms with Crippen molar-refractivity contribution >= 4 is 7.60 Å². The van der Waals surface area contributed by atoms with Crippen molar-refractivity contribution < 1.29 is 19.1 Å². The maximum Gasteiger partial charge on any atom is 0.357 e. The predicted molar refractivity (Wildman–Crippen MR) is 51.6 cm³/mol. The van der Waals surface area contributed by atoms with Crippen LogP contribution in [0.15, 0.2) is 0 Å². The summed E-state index contributed by atoms with van der Waals surface area (Å²) < 4.78 is 16.3. The Kier molecular flexibility index (Phi) is 5.15. The summed E-state index contributed by atoms with van der Waals surface area (Å²) in [6.45, 7) is 3.78. The van der Waals surface area contributed by atoms with Crippen LogP contribution in [0, 0.1) is 0 Å². The topological polar surface area (TPSA) is 66.8 Å². The Morgan fingerprint density at radius 1 is 1.23 bits per heavy atom. The highest BCUT2D eigenvalue weighted by Crippen LogP contribution is 2.55. The molecule has 0 aliphatic carbocycles. The summed E-state index contributed by atoms with van der Waals surface area (Å²) in [7, 11) is -2.80. The highest BCUT2D eigenvalue weighted by molar-refractivity contribution is 7.53. The van der Waals surface area contributed by atoms with Gasteiger partial charge in [-0.15, -0.1) is 0 Å². The average Bonchev–Trinajstić information content (AvgIpc) is 2.02. The summed E-state index contributed by atoms with van der Waals surface area (Å²) in [5, 5.41) is -1.25. The minimum atomic E-state index is -4.16. The van der Waals surface area contributed by atoms with Gasteiger partial charge in [-0.1, -0.05) is 26.7 Å². The Labute approximate surface area is 79.5 Å². The Bertz CT molecular complexity index is 181. The minimum absolute atomic E-state index is 0.404. The average molecular weight is 210 g/mol. The number of rotatable bonds is 6. The molecule has 0 unspecified atom stereocenters. The van der Waals surface area contributed by atoms with Gasteiger partial charge in [-0.25, -0.2) is 0 Å². The highest BCUT2D eigenvalue weighted by Gasteiger charge is 2.45. The van der Waals surface area contributed by atoms with Gasteiger partial charge in [-0.3, -0.25) is 4.57 Å². The van der Waals surface area contributed by atoms with Gasteiger partial charge in [0.25, 0.3) is 0 Å². The second kappa shape index (κ2) is 5.11. The summed E-state index contributed by atoms with van der Waals surface area (Å²) in [5.74, 6) is 0. The first kappa shape index (κ1) is 13.1. The van der Waals surface area contributed by atoms with E-state index in [0.29, 0.717) is 25.7 Å². The maximum absolute atomic E-state index is 11.2. The fourth-order valence-electron chi connectivity index (χ4n) is 1.52. The second-order valence-corrected chi connectivity index (χ2v) is 5.10. The molecule has 0 spiro atoms. The van der Waals surface area contributed by atoms with Crippen molar-refractivity contribution in [3.05, 3.63) is 0 Å². The Morgan fingerprint density at radius 2 is 1.62 bits per heavy atom. The fourth-order valence-corrected chi connectivity index (χ4v) is 2.79. The lowest BCUT2D eigenvalue weighted by Gasteiger charge is -2.32. The van der Waals surface area contributed by atoms with Crippen LogP contribution in [0.5, 0.6) is 0 Å². The molecule has 0 aromatic carbocycles. The number of hydrogen-bond acceptors (Lipinski definition) is 2. The van der Waals surface area contributed by atoms with E-state index in [4.69, 9.17) is 4.74 Å². The summed E-state index contributed by atoms with van der Waals surface area (Å²) in [6, 6.07) is 0. The van der Waals surface area contributed by atoms with Crippen LogP contribution in [-0.4, -0.2) is 22.2 Å². The molecule has 0 fully saturated rings. The molecule has 0 aliphatic heterocycles. The SMILES string of the molecule is CCCC(CCC)(OC)P(=O)(O)O. The molecule has 0 aromatic rings. The zero-order chi connectivity index (χ0) is 10.5. The van der Waals surface area contributed by atoms with Crippen LogP contribution >= 0.6 is 7.60 Å². The molecule has 13 heavy (non-hydrogen) atoms. The molecule has 0 saturated carbocycles. The first-order valence-corrected chi connectivity index (χ1v) is 6.15. The molecule has 2 N–H and O–H groups in total. The molecule has 0 radical (unpaired) electrons. The lowest BCUT2D eigenvalue weighted by Crippen LogP contribution is -2.30. The molecule has 0 aromatic heterocycles. The predicted octanol–water partition coefficient (Wildman–Crippen LogP) is 2.11. The molecular weight excluding hydrogens is 191 g/mol. The van der Waals surface area contributed by atoms with Crippen LogP contribution < -0.4 is 0 Å². The molecule has 0 saturated heterocycles. The van der Waals surface area contributed by atoms with E-state index in [0.717, 1.165) is 0 Å². The standard InChI is InChI=1S/C8H19O4P/c1-4-6-8(12-3,7-5-2)13(9,10)11/h4-7H2,1-3H3,(H2,9,10,11). The van der Waals surface area contributed by atoms with E-state index in [1.54, 1.807) is 0 Å². The van der Waals surface area contributed by atoms with Crippen LogP contribution in [-0.2, 0) is 9.30 Å². The fraction of sp³-hybridized carbons (Fsp3) is 1.00. The third kappa shape index (κ3) is 3.06. The molecular formula is C8H19O4P. The molecule has 4 nitrogen and oxygen atoms in total. The number of ether oxygens (including phenoxy) is 1. The van der Waals surface area contributed by atoms with Gasteiger partial charge < -0.3 is 14.5 Å². The Morgan fingerprint density at radius 3 is 1.77 bits per heavy atom. The van der Waals surface area contributed by atoms with Crippen LogP contribution in [0.4, 0.5) is 0 Å². The number of methoxy groups -OCH3 is 1. The van der Waals surface area contributed by atoms with E-state index in [-0.39, 0.29) is 0 Å². The van der Waals surface area contributed by atoms with Crippen molar-refractivity contribution in [3.63, 3.8) is 0 Å². The van der Waals surface area contributed by atoms with E-state index < -0.39 is 12.9 Å². The zero-order valence-electron chi connectivity index (χ0n) is 8.49. The van der Waals surface area contributed by atoms with E-state index in [9.17, 15) is 14.4 Å². The maximum atomic E-state index is 11.2.